The molecule has 1 amide bonds. The van der Waals surface area contributed by atoms with Crippen molar-refractivity contribution in [1.29, 1.82) is 0 Å². The van der Waals surface area contributed by atoms with Crippen LogP contribution in [0, 0.1) is 13.8 Å². The van der Waals surface area contributed by atoms with Gasteiger partial charge >= 0.3 is 0 Å². The summed E-state index contributed by atoms with van der Waals surface area (Å²) in [7, 11) is 0. The fraction of sp³-hybridized carbons (Fsp3) is 0.304. The normalized spacial score (nSPS) is 14.9. The molecule has 0 aliphatic carbocycles. The summed E-state index contributed by atoms with van der Waals surface area (Å²) in [5.41, 5.74) is 5.37. The van der Waals surface area contributed by atoms with Gasteiger partial charge in [-0.05, 0) is 43.7 Å². The number of ether oxygens (including phenoxy) is 1. The number of aromatic nitrogens is 1. The summed E-state index contributed by atoms with van der Waals surface area (Å²) >= 11 is 0. The molecule has 5 nitrogen and oxygen atoms in total. The van der Waals surface area contributed by atoms with E-state index in [9.17, 15) is 4.79 Å². The average Bonchev–Trinajstić information content (AvgIpc) is 2.70. The van der Waals surface area contributed by atoms with Gasteiger partial charge in [-0.25, -0.2) is 0 Å². The van der Waals surface area contributed by atoms with Gasteiger partial charge in [-0.15, -0.1) is 0 Å². The molecule has 3 aromatic rings. The highest BCUT2D eigenvalue weighted by Crippen LogP contribution is 2.22. The van der Waals surface area contributed by atoms with Crippen LogP contribution in [0.4, 0.5) is 5.69 Å². The van der Waals surface area contributed by atoms with Gasteiger partial charge in [0.1, 0.15) is 0 Å². The monoisotopic (exact) mass is 375 g/mol. The molecule has 28 heavy (non-hydrogen) atoms. The first-order chi connectivity index (χ1) is 13.6. The Kier molecular flexibility index (Phi) is 5.37. The van der Waals surface area contributed by atoms with E-state index in [0.29, 0.717) is 5.56 Å². The largest absolute Gasteiger partial charge is 0.379 e. The zero-order valence-electron chi connectivity index (χ0n) is 16.4. The van der Waals surface area contributed by atoms with E-state index in [0.717, 1.165) is 66.3 Å². The number of nitrogens with one attached hydrogen (secondary N) is 1. The third-order valence-corrected chi connectivity index (χ3v) is 5.17. The number of fused-ring (bicyclic) bond motifs is 1. The van der Waals surface area contributed by atoms with Gasteiger partial charge in [0.2, 0.25) is 0 Å². The minimum atomic E-state index is -0.122. The summed E-state index contributed by atoms with van der Waals surface area (Å²) in [6, 6.07) is 16.0. The summed E-state index contributed by atoms with van der Waals surface area (Å²) in [5.74, 6) is -0.122. The van der Waals surface area contributed by atoms with Crippen LogP contribution in [0.15, 0.2) is 48.5 Å². The number of benzene rings is 2. The lowest BCUT2D eigenvalue weighted by molar-refractivity contribution is 0.0342. The number of hydrogen-bond acceptors (Lipinski definition) is 4. The Morgan fingerprint density at radius 1 is 1.11 bits per heavy atom. The Morgan fingerprint density at radius 3 is 2.71 bits per heavy atom. The minimum absolute atomic E-state index is 0.122. The molecule has 1 N–H and O–H groups in total. The maximum Gasteiger partial charge on any atom is 0.257 e. The molecule has 0 saturated carbocycles. The maximum absolute atomic E-state index is 13.0. The second kappa shape index (κ2) is 8.09. The number of morpholine rings is 1. The number of para-hydroxylation sites is 1. The van der Waals surface area contributed by atoms with Crippen molar-refractivity contribution in [3.05, 3.63) is 70.9 Å². The van der Waals surface area contributed by atoms with E-state index in [4.69, 9.17) is 4.74 Å². The highest BCUT2D eigenvalue weighted by atomic mass is 16.5. The smallest absolute Gasteiger partial charge is 0.257 e. The highest BCUT2D eigenvalue weighted by Gasteiger charge is 2.16. The lowest BCUT2D eigenvalue weighted by Crippen LogP contribution is -2.35. The Bertz CT molecular complexity index is 1010. The molecule has 0 spiro atoms. The maximum atomic E-state index is 13.0. The van der Waals surface area contributed by atoms with Crippen LogP contribution < -0.4 is 5.32 Å². The molecular weight excluding hydrogens is 350 g/mol. The number of amides is 1. The third-order valence-electron chi connectivity index (χ3n) is 5.17. The Balaban J connectivity index is 1.58. The van der Waals surface area contributed by atoms with Crippen LogP contribution in [-0.4, -0.2) is 42.1 Å². The topological polar surface area (TPSA) is 54.5 Å². The average molecular weight is 375 g/mol. The zero-order chi connectivity index (χ0) is 19.5. The van der Waals surface area contributed by atoms with E-state index in [-0.39, 0.29) is 5.91 Å². The van der Waals surface area contributed by atoms with E-state index in [1.165, 1.54) is 0 Å². The van der Waals surface area contributed by atoms with Crippen LogP contribution in [-0.2, 0) is 11.3 Å². The van der Waals surface area contributed by atoms with Crippen LogP contribution >= 0.6 is 0 Å². The van der Waals surface area contributed by atoms with Crippen LogP contribution in [0.2, 0.25) is 0 Å². The number of anilines is 1. The number of pyridine rings is 1. The van der Waals surface area contributed by atoms with Crippen molar-refractivity contribution in [2.45, 2.75) is 20.4 Å². The lowest BCUT2D eigenvalue weighted by atomic mass is 10.1. The molecule has 2 heterocycles. The molecule has 1 fully saturated rings. The first-order valence-electron chi connectivity index (χ1n) is 9.67. The van der Waals surface area contributed by atoms with Gasteiger partial charge in [0.15, 0.2) is 0 Å². The second-order valence-electron chi connectivity index (χ2n) is 7.32. The third kappa shape index (κ3) is 4.06. The van der Waals surface area contributed by atoms with Crippen molar-refractivity contribution >= 4 is 22.5 Å². The minimum Gasteiger partial charge on any atom is -0.379 e. The van der Waals surface area contributed by atoms with E-state index in [1.807, 2.05) is 50.2 Å². The molecular formula is C23H25N3O2. The number of rotatable bonds is 4. The van der Waals surface area contributed by atoms with E-state index in [1.54, 1.807) is 0 Å². The van der Waals surface area contributed by atoms with Crippen molar-refractivity contribution < 1.29 is 9.53 Å². The van der Waals surface area contributed by atoms with Crippen LogP contribution in [0.25, 0.3) is 10.9 Å². The molecule has 1 saturated heterocycles. The van der Waals surface area contributed by atoms with Gasteiger partial charge in [0, 0.05) is 30.7 Å². The Labute approximate surface area is 165 Å². The van der Waals surface area contributed by atoms with E-state index < -0.39 is 0 Å². The number of carbonyl (C=O) groups excluding carboxylic acids is 1. The van der Waals surface area contributed by atoms with Crippen LogP contribution in [0.3, 0.4) is 0 Å². The van der Waals surface area contributed by atoms with Crippen molar-refractivity contribution in [3.8, 4) is 0 Å². The summed E-state index contributed by atoms with van der Waals surface area (Å²) in [4.78, 5) is 20.0. The molecule has 5 heteroatoms. The van der Waals surface area contributed by atoms with Crippen molar-refractivity contribution in [3.63, 3.8) is 0 Å². The highest BCUT2D eigenvalue weighted by molar-refractivity contribution is 6.07. The molecule has 2 aromatic carbocycles. The molecule has 4 rings (SSSR count). The van der Waals surface area contributed by atoms with E-state index >= 15 is 0 Å². The van der Waals surface area contributed by atoms with Crippen LogP contribution in [0.5, 0.6) is 0 Å². The number of hydrogen-bond donors (Lipinski definition) is 1. The molecule has 0 unspecified atom stereocenters. The van der Waals surface area contributed by atoms with Gasteiger partial charge in [-0.2, -0.15) is 0 Å². The first kappa shape index (κ1) is 18.6. The fourth-order valence-electron chi connectivity index (χ4n) is 3.59. The molecule has 0 radical (unpaired) electrons. The van der Waals surface area contributed by atoms with E-state index in [2.05, 4.69) is 27.3 Å². The summed E-state index contributed by atoms with van der Waals surface area (Å²) < 4.78 is 5.43. The Hall–Kier alpha value is -2.76. The molecule has 1 aliphatic heterocycles. The fourth-order valence-corrected chi connectivity index (χ4v) is 3.59. The van der Waals surface area contributed by atoms with Crippen LogP contribution in [0.1, 0.15) is 27.2 Å². The van der Waals surface area contributed by atoms with Gasteiger partial charge in [0.25, 0.3) is 5.91 Å². The molecule has 0 atom stereocenters. The predicted molar refractivity (Wildman–Crippen MR) is 112 cm³/mol. The summed E-state index contributed by atoms with van der Waals surface area (Å²) in [6.07, 6.45) is 0. The zero-order valence-corrected chi connectivity index (χ0v) is 16.4. The predicted octanol–water partition coefficient (Wildman–Crippen LogP) is 3.94. The van der Waals surface area contributed by atoms with Crippen molar-refractivity contribution in [2.24, 2.45) is 0 Å². The van der Waals surface area contributed by atoms with Gasteiger partial charge < -0.3 is 10.1 Å². The first-order valence-corrected chi connectivity index (χ1v) is 9.67. The summed E-state index contributed by atoms with van der Waals surface area (Å²) in [5, 5.41) is 4.08. The number of aryl methyl sites for hydroxylation is 2. The van der Waals surface area contributed by atoms with Gasteiger partial charge in [-0.1, -0.05) is 29.8 Å². The lowest BCUT2D eigenvalue weighted by Gasteiger charge is -2.27. The standard InChI is InChI=1S/C23H25N3O2/c1-16-7-8-22-19(13-16)14-20(17(2)24-22)23(27)25-21-6-4-3-5-18(21)15-26-9-11-28-12-10-26/h3-8,13-14H,9-12,15H2,1-2H3,(H,25,27). The number of carbonyl (C=O) groups is 1. The number of nitrogens with zero attached hydrogens (tertiary/aromatic N) is 2. The second-order valence-corrected chi connectivity index (χ2v) is 7.32. The summed E-state index contributed by atoms with van der Waals surface area (Å²) in [6.45, 7) is 8.07. The van der Waals surface area contributed by atoms with Gasteiger partial charge in [-0.3, -0.25) is 14.7 Å². The Morgan fingerprint density at radius 2 is 1.89 bits per heavy atom. The van der Waals surface area contributed by atoms with Crippen molar-refractivity contribution in [1.82, 2.24) is 9.88 Å². The molecule has 1 aliphatic rings. The molecule has 144 valence electrons. The molecule has 0 bridgehead atoms. The van der Waals surface area contributed by atoms with Gasteiger partial charge in [0.05, 0.1) is 30.0 Å². The SMILES string of the molecule is Cc1ccc2nc(C)c(C(=O)Nc3ccccc3CN3CCOCC3)cc2c1. The quantitative estimate of drug-likeness (QED) is 0.751. The molecule has 1 aromatic heterocycles. The van der Waals surface area contributed by atoms with Crippen molar-refractivity contribution in [2.75, 3.05) is 31.6 Å².